The van der Waals surface area contributed by atoms with Crippen molar-refractivity contribution in [1.82, 2.24) is 5.32 Å². The van der Waals surface area contributed by atoms with E-state index in [1.165, 1.54) is 0 Å². The Morgan fingerprint density at radius 2 is 2.37 bits per heavy atom. The zero-order chi connectivity index (χ0) is 13.9. The van der Waals surface area contributed by atoms with Gasteiger partial charge in [-0.1, -0.05) is 11.6 Å². The minimum Gasteiger partial charge on any atom is -0.398 e. The first-order chi connectivity index (χ1) is 9.09. The Kier molecular flexibility index (Phi) is 4.45. The number of anilines is 1. The highest BCUT2D eigenvalue weighted by molar-refractivity contribution is 6.33. The lowest BCUT2D eigenvalue weighted by atomic mass is 9.88. The number of carbonyl (C=O) groups excluding carboxylic acids is 1. The van der Waals surface area contributed by atoms with E-state index in [4.69, 9.17) is 22.1 Å². The van der Waals surface area contributed by atoms with E-state index < -0.39 is 5.54 Å². The normalized spacial score (nSPS) is 22.6. The van der Waals surface area contributed by atoms with Gasteiger partial charge in [0, 0.05) is 12.2 Å². The number of nitrogen functional groups attached to an aromatic ring is 1. The molecule has 5 heteroatoms. The lowest BCUT2D eigenvalue weighted by molar-refractivity contribution is 0.0603. The van der Waals surface area contributed by atoms with Crippen molar-refractivity contribution in [3.63, 3.8) is 0 Å². The molecule has 0 spiro atoms. The third-order valence-corrected chi connectivity index (χ3v) is 3.82. The molecular formula is C14H19ClN2O2. The van der Waals surface area contributed by atoms with Crippen molar-refractivity contribution in [3.05, 3.63) is 28.8 Å². The Balaban J connectivity index is 2.26. The van der Waals surface area contributed by atoms with E-state index in [9.17, 15) is 4.79 Å². The van der Waals surface area contributed by atoms with Gasteiger partial charge in [-0.2, -0.15) is 0 Å². The maximum atomic E-state index is 12.7. The third-order valence-electron chi connectivity index (χ3n) is 3.49. The number of halogens is 1. The molecule has 0 amide bonds. The number of nitrogens with one attached hydrogen (secondary N) is 1. The second-order valence-electron chi connectivity index (χ2n) is 4.81. The molecule has 4 nitrogen and oxygen atoms in total. The SMILES string of the molecule is CCOCC1(C(=O)c2ccc(N)c(Cl)c2)CCCN1. The van der Waals surface area contributed by atoms with Crippen LogP contribution in [0.5, 0.6) is 0 Å². The lowest BCUT2D eigenvalue weighted by Crippen LogP contribution is -2.51. The minimum absolute atomic E-state index is 0.0281. The van der Waals surface area contributed by atoms with Gasteiger partial charge in [0.2, 0.25) is 0 Å². The van der Waals surface area contributed by atoms with Crippen molar-refractivity contribution in [1.29, 1.82) is 0 Å². The fourth-order valence-corrected chi connectivity index (χ4v) is 2.59. The average molecular weight is 283 g/mol. The molecule has 3 N–H and O–H groups in total. The number of rotatable bonds is 5. The summed E-state index contributed by atoms with van der Waals surface area (Å²) in [5.41, 5.74) is 6.12. The van der Waals surface area contributed by atoms with E-state index in [-0.39, 0.29) is 5.78 Å². The highest BCUT2D eigenvalue weighted by atomic mass is 35.5. The maximum Gasteiger partial charge on any atom is 0.185 e. The molecule has 1 atom stereocenters. The van der Waals surface area contributed by atoms with Crippen molar-refractivity contribution in [2.45, 2.75) is 25.3 Å². The summed E-state index contributed by atoms with van der Waals surface area (Å²) in [5.74, 6) is 0.0281. The first kappa shape index (κ1) is 14.3. The molecular weight excluding hydrogens is 264 g/mol. The molecule has 1 aromatic carbocycles. The fraction of sp³-hybridized carbons (Fsp3) is 0.500. The molecule has 104 valence electrons. The van der Waals surface area contributed by atoms with Crippen molar-refractivity contribution < 1.29 is 9.53 Å². The van der Waals surface area contributed by atoms with Crippen LogP contribution in [0.15, 0.2) is 18.2 Å². The zero-order valence-electron chi connectivity index (χ0n) is 11.0. The first-order valence-electron chi connectivity index (χ1n) is 6.51. The summed E-state index contributed by atoms with van der Waals surface area (Å²) < 4.78 is 5.48. The third kappa shape index (κ3) is 2.91. The Morgan fingerprint density at radius 1 is 1.58 bits per heavy atom. The van der Waals surface area contributed by atoms with E-state index in [1.807, 2.05) is 6.92 Å². The molecule has 0 saturated carbocycles. The second-order valence-corrected chi connectivity index (χ2v) is 5.22. The van der Waals surface area contributed by atoms with Gasteiger partial charge in [-0.3, -0.25) is 4.79 Å². The number of benzene rings is 1. The Bertz CT molecular complexity index is 471. The quantitative estimate of drug-likeness (QED) is 0.642. The van der Waals surface area contributed by atoms with Crippen molar-refractivity contribution in [3.8, 4) is 0 Å². The standard InChI is InChI=1S/C14H19ClN2O2/c1-2-19-9-14(6-3-7-17-14)13(18)10-4-5-12(16)11(15)8-10/h4-5,8,17H,2-3,6-7,9,16H2,1H3. The van der Waals surface area contributed by atoms with Gasteiger partial charge in [-0.05, 0) is 44.5 Å². The van der Waals surface area contributed by atoms with Crippen LogP contribution in [0.3, 0.4) is 0 Å². The van der Waals surface area contributed by atoms with E-state index in [0.29, 0.717) is 29.5 Å². The second kappa shape index (κ2) is 5.90. The van der Waals surface area contributed by atoms with Gasteiger partial charge in [0.1, 0.15) is 5.54 Å². The minimum atomic E-state index is -0.616. The van der Waals surface area contributed by atoms with Crippen LogP contribution in [-0.4, -0.2) is 31.1 Å². The number of ketones is 1. The molecule has 0 aliphatic carbocycles. The number of Topliss-reactive ketones (excluding diaryl/α,β-unsaturated/α-hetero) is 1. The van der Waals surface area contributed by atoms with Crippen molar-refractivity contribution in [2.75, 3.05) is 25.5 Å². The van der Waals surface area contributed by atoms with Gasteiger partial charge in [0.25, 0.3) is 0 Å². The average Bonchev–Trinajstić information content (AvgIpc) is 2.89. The van der Waals surface area contributed by atoms with Gasteiger partial charge in [0.05, 0.1) is 17.3 Å². The molecule has 19 heavy (non-hydrogen) atoms. The van der Waals surface area contributed by atoms with Crippen LogP contribution < -0.4 is 11.1 Å². The topological polar surface area (TPSA) is 64.3 Å². The first-order valence-corrected chi connectivity index (χ1v) is 6.89. The smallest absolute Gasteiger partial charge is 0.185 e. The van der Waals surface area contributed by atoms with Crippen LogP contribution >= 0.6 is 11.6 Å². The summed E-state index contributed by atoms with van der Waals surface area (Å²) >= 11 is 5.99. The number of hydrogen-bond donors (Lipinski definition) is 2. The highest BCUT2D eigenvalue weighted by Crippen LogP contribution is 2.27. The molecule has 1 fully saturated rings. The number of ether oxygens (including phenoxy) is 1. The molecule has 1 saturated heterocycles. The zero-order valence-corrected chi connectivity index (χ0v) is 11.8. The van der Waals surface area contributed by atoms with Gasteiger partial charge >= 0.3 is 0 Å². The van der Waals surface area contributed by atoms with E-state index in [0.717, 1.165) is 19.4 Å². The molecule has 1 heterocycles. The van der Waals surface area contributed by atoms with E-state index in [1.54, 1.807) is 18.2 Å². The van der Waals surface area contributed by atoms with Crippen LogP contribution in [0.4, 0.5) is 5.69 Å². The Morgan fingerprint density at radius 3 is 2.95 bits per heavy atom. The molecule has 1 unspecified atom stereocenters. The Hall–Kier alpha value is -1.10. The van der Waals surface area contributed by atoms with E-state index in [2.05, 4.69) is 5.32 Å². The summed E-state index contributed by atoms with van der Waals surface area (Å²) in [6.45, 7) is 3.75. The monoisotopic (exact) mass is 282 g/mol. The number of hydrogen-bond acceptors (Lipinski definition) is 4. The summed E-state index contributed by atoms with van der Waals surface area (Å²) in [7, 11) is 0. The Labute approximate surface area is 118 Å². The number of nitrogens with two attached hydrogens (primary N) is 1. The van der Waals surface area contributed by atoms with Crippen LogP contribution in [0, 0.1) is 0 Å². The molecule has 0 aromatic heterocycles. The molecule has 1 aliphatic rings. The maximum absolute atomic E-state index is 12.7. The largest absolute Gasteiger partial charge is 0.398 e. The fourth-order valence-electron chi connectivity index (χ4n) is 2.41. The summed E-state index contributed by atoms with van der Waals surface area (Å²) in [5, 5.41) is 3.70. The molecule has 2 rings (SSSR count). The van der Waals surface area contributed by atoms with Gasteiger partial charge < -0.3 is 15.8 Å². The summed E-state index contributed by atoms with van der Waals surface area (Å²) in [4.78, 5) is 12.7. The van der Waals surface area contributed by atoms with Crippen LogP contribution in [0.2, 0.25) is 5.02 Å². The van der Waals surface area contributed by atoms with Crippen LogP contribution in [-0.2, 0) is 4.74 Å². The van der Waals surface area contributed by atoms with Gasteiger partial charge in [-0.25, -0.2) is 0 Å². The predicted molar refractivity (Wildman–Crippen MR) is 76.7 cm³/mol. The van der Waals surface area contributed by atoms with Gasteiger partial charge in [0.15, 0.2) is 5.78 Å². The van der Waals surface area contributed by atoms with E-state index >= 15 is 0 Å². The van der Waals surface area contributed by atoms with Crippen LogP contribution in [0.25, 0.3) is 0 Å². The predicted octanol–water partition coefficient (Wildman–Crippen LogP) is 2.26. The molecule has 0 bridgehead atoms. The summed E-state index contributed by atoms with van der Waals surface area (Å²) in [6.07, 6.45) is 1.76. The highest BCUT2D eigenvalue weighted by Gasteiger charge is 2.41. The van der Waals surface area contributed by atoms with Gasteiger partial charge in [-0.15, -0.1) is 0 Å². The van der Waals surface area contributed by atoms with Crippen molar-refractivity contribution >= 4 is 23.1 Å². The van der Waals surface area contributed by atoms with Crippen molar-refractivity contribution in [2.24, 2.45) is 0 Å². The number of carbonyl (C=O) groups is 1. The summed E-state index contributed by atoms with van der Waals surface area (Å²) in [6, 6.07) is 5.02. The molecule has 1 aliphatic heterocycles. The van der Waals surface area contributed by atoms with Crippen LogP contribution in [0.1, 0.15) is 30.1 Å². The lowest BCUT2D eigenvalue weighted by Gasteiger charge is -2.27. The molecule has 1 aromatic rings. The molecule has 0 radical (unpaired) electrons.